The second-order valence-electron chi connectivity index (χ2n) is 4.32. The maximum atomic E-state index is 9.89. The molecular formula is C12H16ClN3O. The number of aliphatic hydroxyl groups excluding tert-OH is 1. The number of nitrogens with zero attached hydrogens (tertiary/aromatic N) is 2. The lowest BCUT2D eigenvalue weighted by molar-refractivity contribution is 0.170. The monoisotopic (exact) mass is 253 g/mol. The zero-order chi connectivity index (χ0) is 12.6. The zero-order valence-corrected chi connectivity index (χ0v) is 10.6. The fraction of sp³-hybridized carbons (Fsp3) is 0.417. The van der Waals surface area contributed by atoms with Gasteiger partial charge in [0.1, 0.15) is 11.9 Å². The summed E-state index contributed by atoms with van der Waals surface area (Å²) in [7, 11) is 0. The first-order valence-corrected chi connectivity index (χ1v) is 5.98. The number of rotatable bonds is 3. The van der Waals surface area contributed by atoms with Crippen molar-refractivity contribution < 1.29 is 5.11 Å². The predicted octanol–water partition coefficient (Wildman–Crippen LogP) is 2.26. The average Bonchev–Trinajstić information content (AvgIpc) is 2.66. The molecule has 0 spiro atoms. The second-order valence-corrected chi connectivity index (χ2v) is 4.75. The molecule has 5 heteroatoms. The van der Waals surface area contributed by atoms with Crippen molar-refractivity contribution in [2.75, 3.05) is 6.54 Å². The molecule has 0 radical (unpaired) electrons. The van der Waals surface area contributed by atoms with E-state index >= 15 is 0 Å². The Kier molecular flexibility index (Phi) is 3.38. The van der Waals surface area contributed by atoms with E-state index in [0.29, 0.717) is 10.8 Å². The lowest BCUT2D eigenvalue weighted by Gasteiger charge is -2.15. The first-order chi connectivity index (χ1) is 8.04. The van der Waals surface area contributed by atoms with Gasteiger partial charge in [-0.1, -0.05) is 11.6 Å². The molecule has 0 saturated carbocycles. The summed E-state index contributed by atoms with van der Waals surface area (Å²) < 4.78 is 1.97. The molecule has 92 valence electrons. The third-order valence-corrected chi connectivity index (χ3v) is 2.95. The van der Waals surface area contributed by atoms with Crippen molar-refractivity contribution in [1.82, 2.24) is 9.55 Å². The minimum atomic E-state index is -0.747. The van der Waals surface area contributed by atoms with Gasteiger partial charge in [-0.3, -0.25) is 0 Å². The van der Waals surface area contributed by atoms with E-state index in [-0.39, 0.29) is 12.6 Å². The van der Waals surface area contributed by atoms with Gasteiger partial charge in [-0.15, -0.1) is 0 Å². The smallest absolute Gasteiger partial charge is 0.140 e. The van der Waals surface area contributed by atoms with Crippen LogP contribution in [-0.2, 0) is 0 Å². The van der Waals surface area contributed by atoms with Gasteiger partial charge < -0.3 is 15.4 Å². The van der Waals surface area contributed by atoms with E-state index in [1.807, 2.05) is 30.5 Å². The molecule has 0 amide bonds. The maximum Gasteiger partial charge on any atom is 0.140 e. The van der Waals surface area contributed by atoms with Crippen molar-refractivity contribution in [3.05, 3.63) is 29.0 Å². The summed E-state index contributed by atoms with van der Waals surface area (Å²) >= 11 is 5.99. The lowest BCUT2D eigenvalue weighted by Crippen LogP contribution is -2.17. The van der Waals surface area contributed by atoms with E-state index in [2.05, 4.69) is 4.98 Å². The second kappa shape index (κ2) is 4.64. The van der Waals surface area contributed by atoms with Gasteiger partial charge >= 0.3 is 0 Å². The molecule has 2 rings (SSSR count). The molecule has 0 aliphatic rings. The number of aromatic nitrogens is 2. The molecule has 1 aromatic heterocycles. The minimum absolute atomic E-state index is 0.157. The fourth-order valence-electron chi connectivity index (χ4n) is 1.97. The van der Waals surface area contributed by atoms with Crippen molar-refractivity contribution in [2.24, 2.45) is 5.73 Å². The molecule has 0 aliphatic carbocycles. The molecular weight excluding hydrogens is 238 g/mol. The fourth-order valence-corrected chi connectivity index (χ4v) is 2.13. The highest BCUT2D eigenvalue weighted by Gasteiger charge is 2.18. The third kappa shape index (κ3) is 2.16. The summed E-state index contributed by atoms with van der Waals surface area (Å²) in [6.45, 7) is 4.23. The molecule has 1 atom stereocenters. The van der Waals surface area contributed by atoms with Crippen LogP contribution >= 0.6 is 11.6 Å². The van der Waals surface area contributed by atoms with Gasteiger partial charge in [-0.2, -0.15) is 0 Å². The first-order valence-electron chi connectivity index (χ1n) is 5.60. The largest absolute Gasteiger partial charge is 0.384 e. The van der Waals surface area contributed by atoms with Gasteiger partial charge in [-0.25, -0.2) is 4.98 Å². The summed E-state index contributed by atoms with van der Waals surface area (Å²) in [6.07, 6.45) is -0.747. The van der Waals surface area contributed by atoms with E-state index in [1.54, 1.807) is 6.07 Å². The highest BCUT2D eigenvalue weighted by molar-refractivity contribution is 6.31. The normalized spacial score (nSPS) is 13.5. The van der Waals surface area contributed by atoms with Crippen LogP contribution in [0.4, 0.5) is 0 Å². The van der Waals surface area contributed by atoms with Crippen molar-refractivity contribution in [1.29, 1.82) is 0 Å². The van der Waals surface area contributed by atoms with Crippen LogP contribution in [0.15, 0.2) is 18.2 Å². The third-order valence-electron chi connectivity index (χ3n) is 2.72. The lowest BCUT2D eigenvalue weighted by atomic mass is 10.2. The summed E-state index contributed by atoms with van der Waals surface area (Å²) in [5.74, 6) is 0.597. The van der Waals surface area contributed by atoms with E-state index in [4.69, 9.17) is 17.3 Å². The molecule has 0 fully saturated rings. The number of hydrogen-bond acceptors (Lipinski definition) is 3. The summed E-state index contributed by atoms with van der Waals surface area (Å²) in [5.41, 5.74) is 7.25. The summed E-state index contributed by atoms with van der Waals surface area (Å²) in [5, 5.41) is 10.5. The quantitative estimate of drug-likeness (QED) is 0.882. The van der Waals surface area contributed by atoms with Crippen molar-refractivity contribution in [2.45, 2.75) is 26.0 Å². The molecule has 1 unspecified atom stereocenters. The Morgan fingerprint density at radius 1 is 1.47 bits per heavy atom. The van der Waals surface area contributed by atoms with Crippen molar-refractivity contribution in [3.8, 4) is 0 Å². The van der Waals surface area contributed by atoms with Crippen LogP contribution in [0.25, 0.3) is 11.0 Å². The molecule has 4 nitrogen and oxygen atoms in total. The molecule has 0 bridgehead atoms. The highest BCUT2D eigenvalue weighted by atomic mass is 35.5. The van der Waals surface area contributed by atoms with Crippen LogP contribution in [-0.4, -0.2) is 21.2 Å². The predicted molar refractivity (Wildman–Crippen MR) is 69.1 cm³/mol. The number of hydrogen-bond donors (Lipinski definition) is 2. The molecule has 0 saturated heterocycles. The van der Waals surface area contributed by atoms with Gasteiger partial charge in [0, 0.05) is 17.6 Å². The highest BCUT2D eigenvalue weighted by Crippen LogP contribution is 2.26. The summed E-state index contributed by atoms with van der Waals surface area (Å²) in [6, 6.07) is 5.69. The van der Waals surface area contributed by atoms with E-state index < -0.39 is 6.10 Å². The summed E-state index contributed by atoms with van der Waals surface area (Å²) in [4.78, 5) is 4.42. The van der Waals surface area contributed by atoms with Crippen LogP contribution in [0.2, 0.25) is 5.02 Å². The molecule has 2 aromatic rings. The van der Waals surface area contributed by atoms with Gasteiger partial charge in [0.25, 0.3) is 0 Å². The van der Waals surface area contributed by atoms with Crippen molar-refractivity contribution >= 4 is 22.6 Å². The van der Waals surface area contributed by atoms with E-state index in [1.165, 1.54) is 0 Å². The zero-order valence-electron chi connectivity index (χ0n) is 9.89. The average molecular weight is 254 g/mol. The van der Waals surface area contributed by atoms with E-state index in [0.717, 1.165) is 11.0 Å². The van der Waals surface area contributed by atoms with Crippen LogP contribution in [0.1, 0.15) is 31.8 Å². The van der Waals surface area contributed by atoms with Gasteiger partial charge in [-0.05, 0) is 32.0 Å². The van der Waals surface area contributed by atoms with Crippen molar-refractivity contribution in [3.63, 3.8) is 0 Å². The SMILES string of the molecule is CC(C)n1c(C(O)CN)nc2ccc(Cl)cc21. The van der Waals surface area contributed by atoms with Crippen LogP contribution in [0, 0.1) is 0 Å². The number of fused-ring (bicyclic) bond motifs is 1. The Labute approximate surface area is 105 Å². The molecule has 3 N–H and O–H groups in total. The molecule has 1 heterocycles. The number of halogens is 1. The number of imidazole rings is 1. The molecule has 17 heavy (non-hydrogen) atoms. The topological polar surface area (TPSA) is 64.1 Å². The Morgan fingerprint density at radius 3 is 2.76 bits per heavy atom. The Hall–Kier alpha value is -1.10. The van der Waals surface area contributed by atoms with Gasteiger partial charge in [0.2, 0.25) is 0 Å². The Morgan fingerprint density at radius 2 is 2.18 bits per heavy atom. The van der Waals surface area contributed by atoms with Gasteiger partial charge in [0.05, 0.1) is 11.0 Å². The number of benzene rings is 1. The maximum absolute atomic E-state index is 9.89. The first kappa shape index (κ1) is 12.4. The molecule has 1 aromatic carbocycles. The van der Waals surface area contributed by atoms with Crippen LogP contribution in [0.3, 0.4) is 0 Å². The van der Waals surface area contributed by atoms with E-state index in [9.17, 15) is 5.11 Å². The Bertz CT molecular complexity index is 536. The van der Waals surface area contributed by atoms with Crippen LogP contribution < -0.4 is 5.73 Å². The Balaban J connectivity index is 2.71. The number of nitrogens with two attached hydrogens (primary N) is 1. The van der Waals surface area contributed by atoms with Gasteiger partial charge in [0.15, 0.2) is 0 Å². The molecule has 0 aliphatic heterocycles. The minimum Gasteiger partial charge on any atom is -0.384 e. The standard InChI is InChI=1S/C12H16ClN3O/c1-7(2)16-10-5-8(13)3-4-9(10)15-12(16)11(17)6-14/h3-5,7,11,17H,6,14H2,1-2H3. The number of aliphatic hydroxyl groups is 1. The van der Waals surface area contributed by atoms with Crippen LogP contribution in [0.5, 0.6) is 0 Å².